The summed E-state index contributed by atoms with van der Waals surface area (Å²) in [4.78, 5) is 12.1. The highest BCUT2D eigenvalue weighted by Gasteiger charge is 2.27. The lowest BCUT2D eigenvalue weighted by Gasteiger charge is -2.34. The Morgan fingerprint density at radius 3 is 2.94 bits per heavy atom. The molecule has 0 aromatic heterocycles. The van der Waals surface area contributed by atoms with Crippen molar-refractivity contribution in [1.29, 1.82) is 0 Å². The smallest absolute Gasteiger partial charge is 0.252 e. The van der Waals surface area contributed by atoms with Gasteiger partial charge in [-0.2, -0.15) is 0 Å². The van der Waals surface area contributed by atoms with Crippen molar-refractivity contribution in [2.24, 2.45) is 5.41 Å². The summed E-state index contributed by atoms with van der Waals surface area (Å²) in [5, 5.41) is 6.43. The predicted octanol–water partition coefficient (Wildman–Crippen LogP) is 2.57. The Hall–Kier alpha value is -0.870. The number of halogens is 1. The molecule has 1 amide bonds. The average molecular weight is 311 g/mol. The van der Waals surface area contributed by atoms with E-state index >= 15 is 0 Å². The fourth-order valence-electron chi connectivity index (χ4n) is 2.30. The van der Waals surface area contributed by atoms with Gasteiger partial charge >= 0.3 is 0 Å². The molecule has 0 saturated carbocycles. The van der Waals surface area contributed by atoms with Gasteiger partial charge in [-0.3, -0.25) is 4.79 Å². The maximum Gasteiger partial charge on any atom is 0.252 e. The summed E-state index contributed by atoms with van der Waals surface area (Å²) in [6.45, 7) is 5.01. The van der Waals surface area contributed by atoms with Crippen molar-refractivity contribution < 1.29 is 4.79 Å². The van der Waals surface area contributed by atoms with E-state index in [1.54, 1.807) is 0 Å². The lowest BCUT2D eigenvalue weighted by Crippen LogP contribution is -2.45. The normalized spacial score (nSPS) is 23.7. The fourth-order valence-corrected chi connectivity index (χ4v) is 2.77. The monoisotopic (exact) mass is 310 g/mol. The van der Waals surface area contributed by atoms with E-state index in [2.05, 4.69) is 33.5 Å². The minimum Gasteiger partial charge on any atom is -0.351 e. The molecule has 18 heavy (non-hydrogen) atoms. The van der Waals surface area contributed by atoms with Gasteiger partial charge in [-0.1, -0.05) is 19.1 Å². The van der Waals surface area contributed by atoms with Crippen LogP contribution in [-0.4, -0.2) is 25.5 Å². The van der Waals surface area contributed by atoms with Crippen LogP contribution in [-0.2, 0) is 0 Å². The standard InChI is InChI=1S/C14H19BrN2O/c1-14(7-4-8-16-9-14)10-17-13(18)11-5-2-3-6-12(11)15/h2-3,5-6,16H,4,7-10H2,1H3,(H,17,18). The number of benzene rings is 1. The molecule has 2 N–H and O–H groups in total. The van der Waals surface area contributed by atoms with Crippen LogP contribution < -0.4 is 10.6 Å². The minimum absolute atomic E-state index is 0.00530. The Labute approximate surface area is 116 Å². The predicted molar refractivity (Wildman–Crippen MR) is 76.7 cm³/mol. The van der Waals surface area contributed by atoms with Crippen LogP contribution in [0.25, 0.3) is 0 Å². The van der Waals surface area contributed by atoms with E-state index in [0.29, 0.717) is 5.56 Å². The first kappa shape index (κ1) is 13.6. The lowest BCUT2D eigenvalue weighted by molar-refractivity contribution is 0.0924. The second-order valence-corrected chi connectivity index (χ2v) is 6.11. The third kappa shape index (κ3) is 3.33. The van der Waals surface area contributed by atoms with Gasteiger partial charge in [-0.15, -0.1) is 0 Å². The number of piperidine rings is 1. The van der Waals surface area contributed by atoms with Crippen LogP contribution in [0.15, 0.2) is 28.7 Å². The Kier molecular flexibility index (Phi) is 4.40. The molecule has 1 aromatic rings. The van der Waals surface area contributed by atoms with Crippen molar-refractivity contribution in [3.63, 3.8) is 0 Å². The molecule has 3 nitrogen and oxygen atoms in total. The summed E-state index contributed by atoms with van der Waals surface area (Å²) in [6, 6.07) is 7.51. The quantitative estimate of drug-likeness (QED) is 0.901. The van der Waals surface area contributed by atoms with Crippen molar-refractivity contribution in [3.8, 4) is 0 Å². The van der Waals surface area contributed by atoms with E-state index in [1.165, 1.54) is 6.42 Å². The van der Waals surface area contributed by atoms with Gasteiger partial charge in [-0.25, -0.2) is 0 Å². The number of rotatable bonds is 3. The van der Waals surface area contributed by atoms with Crippen LogP contribution in [0.5, 0.6) is 0 Å². The zero-order chi connectivity index (χ0) is 13.0. The molecule has 4 heteroatoms. The Morgan fingerprint density at radius 1 is 1.50 bits per heavy atom. The molecule has 0 bridgehead atoms. The van der Waals surface area contributed by atoms with E-state index in [9.17, 15) is 4.79 Å². The van der Waals surface area contributed by atoms with Gasteiger partial charge in [0.2, 0.25) is 0 Å². The molecule has 1 saturated heterocycles. The fraction of sp³-hybridized carbons (Fsp3) is 0.500. The highest BCUT2D eigenvalue weighted by molar-refractivity contribution is 9.10. The third-order valence-corrected chi connectivity index (χ3v) is 4.17. The summed E-state index contributed by atoms with van der Waals surface area (Å²) < 4.78 is 0.842. The molecule has 0 spiro atoms. The Bertz CT molecular complexity index is 428. The molecule has 0 radical (unpaired) electrons. The highest BCUT2D eigenvalue weighted by Crippen LogP contribution is 2.24. The maximum absolute atomic E-state index is 12.1. The van der Waals surface area contributed by atoms with E-state index in [4.69, 9.17) is 0 Å². The first-order chi connectivity index (χ1) is 8.61. The first-order valence-corrected chi connectivity index (χ1v) is 7.13. The first-order valence-electron chi connectivity index (χ1n) is 6.34. The van der Waals surface area contributed by atoms with Gasteiger partial charge in [0.25, 0.3) is 5.91 Å². The Balaban J connectivity index is 1.94. The molecule has 98 valence electrons. The van der Waals surface area contributed by atoms with Crippen LogP contribution in [0.2, 0.25) is 0 Å². The SMILES string of the molecule is CC1(CNC(=O)c2ccccc2Br)CCCNC1. The van der Waals surface area contributed by atoms with Crippen molar-refractivity contribution in [2.75, 3.05) is 19.6 Å². The molecule has 1 fully saturated rings. The summed E-state index contributed by atoms with van der Waals surface area (Å²) in [5.74, 6) is -0.00530. The van der Waals surface area contributed by atoms with E-state index in [-0.39, 0.29) is 11.3 Å². The molecule has 1 heterocycles. The minimum atomic E-state index is -0.00530. The number of carbonyl (C=O) groups excluding carboxylic acids is 1. The second-order valence-electron chi connectivity index (χ2n) is 5.25. The van der Waals surface area contributed by atoms with Crippen molar-refractivity contribution >= 4 is 21.8 Å². The molecule has 1 atom stereocenters. The number of amides is 1. The van der Waals surface area contributed by atoms with E-state index in [1.807, 2.05) is 24.3 Å². The van der Waals surface area contributed by atoms with Crippen molar-refractivity contribution in [3.05, 3.63) is 34.3 Å². The third-order valence-electron chi connectivity index (χ3n) is 3.48. The molecule has 1 aromatic carbocycles. The zero-order valence-electron chi connectivity index (χ0n) is 10.6. The summed E-state index contributed by atoms with van der Waals surface area (Å²) in [7, 11) is 0. The van der Waals surface area contributed by atoms with Crippen LogP contribution in [0, 0.1) is 5.41 Å². The highest BCUT2D eigenvalue weighted by atomic mass is 79.9. The molecule has 1 unspecified atom stereocenters. The Morgan fingerprint density at radius 2 is 2.28 bits per heavy atom. The number of hydrogen-bond acceptors (Lipinski definition) is 2. The number of hydrogen-bond donors (Lipinski definition) is 2. The summed E-state index contributed by atoms with van der Waals surface area (Å²) in [6.07, 6.45) is 2.34. The van der Waals surface area contributed by atoms with Crippen LogP contribution >= 0.6 is 15.9 Å². The molecule has 1 aliphatic heterocycles. The van der Waals surface area contributed by atoms with Crippen molar-refractivity contribution in [2.45, 2.75) is 19.8 Å². The van der Waals surface area contributed by atoms with Crippen LogP contribution in [0.1, 0.15) is 30.1 Å². The molecular weight excluding hydrogens is 292 g/mol. The largest absolute Gasteiger partial charge is 0.351 e. The lowest BCUT2D eigenvalue weighted by atomic mass is 9.83. The number of nitrogens with one attached hydrogen (secondary N) is 2. The van der Waals surface area contributed by atoms with Gasteiger partial charge in [0.1, 0.15) is 0 Å². The molecule has 2 rings (SSSR count). The number of carbonyl (C=O) groups is 1. The van der Waals surface area contributed by atoms with E-state index < -0.39 is 0 Å². The molecule has 0 aliphatic carbocycles. The van der Waals surface area contributed by atoms with E-state index in [0.717, 1.165) is 30.5 Å². The second kappa shape index (κ2) is 5.85. The summed E-state index contributed by atoms with van der Waals surface area (Å²) in [5.41, 5.74) is 0.875. The van der Waals surface area contributed by atoms with Gasteiger partial charge in [0.05, 0.1) is 5.56 Å². The topological polar surface area (TPSA) is 41.1 Å². The molecule has 1 aliphatic rings. The van der Waals surface area contributed by atoms with Crippen LogP contribution in [0.4, 0.5) is 0 Å². The summed E-state index contributed by atoms with van der Waals surface area (Å²) >= 11 is 3.40. The van der Waals surface area contributed by atoms with Gasteiger partial charge in [-0.05, 0) is 52.9 Å². The van der Waals surface area contributed by atoms with Crippen molar-refractivity contribution in [1.82, 2.24) is 10.6 Å². The van der Waals surface area contributed by atoms with Gasteiger partial charge < -0.3 is 10.6 Å². The maximum atomic E-state index is 12.1. The van der Waals surface area contributed by atoms with Gasteiger partial charge in [0.15, 0.2) is 0 Å². The molecular formula is C14H19BrN2O. The van der Waals surface area contributed by atoms with Crippen LogP contribution in [0.3, 0.4) is 0 Å². The average Bonchev–Trinajstić information content (AvgIpc) is 2.38. The van der Waals surface area contributed by atoms with Gasteiger partial charge in [0, 0.05) is 17.6 Å². The zero-order valence-corrected chi connectivity index (χ0v) is 12.2.